The van der Waals surface area contributed by atoms with Crippen LogP contribution in [0.25, 0.3) is 0 Å². The number of aryl methyl sites for hydroxylation is 1. The molecule has 0 aliphatic carbocycles. The molecule has 0 fully saturated rings. The minimum absolute atomic E-state index is 0.115. The Kier molecular flexibility index (Phi) is 3.68. The van der Waals surface area contributed by atoms with Gasteiger partial charge in [-0.05, 0) is 41.5 Å². The fourth-order valence-electron chi connectivity index (χ4n) is 1.52. The molecule has 0 radical (unpaired) electrons. The molecule has 0 saturated carbocycles. The van der Waals surface area contributed by atoms with Gasteiger partial charge in [-0.3, -0.25) is 4.98 Å². The lowest BCUT2D eigenvalue weighted by molar-refractivity contribution is 0.681. The average molecular weight is 298 g/mol. The first kappa shape index (κ1) is 11.7. The van der Waals surface area contributed by atoms with Crippen molar-refractivity contribution in [1.29, 1.82) is 0 Å². The van der Waals surface area contributed by atoms with Crippen LogP contribution in [0.1, 0.15) is 22.3 Å². The van der Waals surface area contributed by atoms with Gasteiger partial charge in [-0.15, -0.1) is 11.3 Å². The fraction of sp³-hybridized carbons (Fsp3) is 0.273. The molecule has 0 aliphatic rings. The molecular formula is C11H12BrN3S. The van der Waals surface area contributed by atoms with Gasteiger partial charge in [-0.1, -0.05) is 0 Å². The second-order valence-electron chi connectivity index (χ2n) is 3.49. The molecule has 0 saturated heterocycles. The molecule has 3 nitrogen and oxygen atoms in total. The number of thiazole rings is 1. The third kappa shape index (κ3) is 2.48. The van der Waals surface area contributed by atoms with Gasteiger partial charge >= 0.3 is 0 Å². The van der Waals surface area contributed by atoms with Gasteiger partial charge in [0.05, 0.1) is 6.04 Å². The number of nitrogens with zero attached hydrogens (tertiary/aromatic N) is 2. The van der Waals surface area contributed by atoms with Gasteiger partial charge in [0.1, 0.15) is 5.01 Å². The van der Waals surface area contributed by atoms with Crippen LogP contribution in [-0.2, 0) is 0 Å². The Morgan fingerprint density at radius 1 is 1.44 bits per heavy atom. The molecule has 2 heterocycles. The summed E-state index contributed by atoms with van der Waals surface area (Å²) in [6.45, 7) is 2.01. The summed E-state index contributed by atoms with van der Waals surface area (Å²) in [5.41, 5.74) is 2.18. The van der Waals surface area contributed by atoms with Crippen molar-refractivity contribution in [3.8, 4) is 0 Å². The Balaban J connectivity index is 2.36. The quantitative estimate of drug-likeness (QED) is 0.947. The van der Waals surface area contributed by atoms with Crippen molar-refractivity contribution in [3.05, 3.63) is 44.6 Å². The van der Waals surface area contributed by atoms with Gasteiger partial charge < -0.3 is 5.32 Å². The second-order valence-corrected chi connectivity index (χ2v) is 5.29. The van der Waals surface area contributed by atoms with E-state index in [1.165, 1.54) is 0 Å². The van der Waals surface area contributed by atoms with Crippen LogP contribution < -0.4 is 5.32 Å². The van der Waals surface area contributed by atoms with Crippen LogP contribution in [0.5, 0.6) is 0 Å². The number of rotatable bonds is 3. The van der Waals surface area contributed by atoms with E-state index in [-0.39, 0.29) is 6.04 Å². The summed E-state index contributed by atoms with van der Waals surface area (Å²) in [5.74, 6) is 0. The van der Waals surface area contributed by atoms with E-state index in [2.05, 4.69) is 42.7 Å². The van der Waals surface area contributed by atoms with Crippen molar-refractivity contribution in [1.82, 2.24) is 15.3 Å². The van der Waals surface area contributed by atoms with Crippen LogP contribution in [0.2, 0.25) is 0 Å². The van der Waals surface area contributed by atoms with Gasteiger partial charge in [-0.25, -0.2) is 4.98 Å². The third-order valence-corrected chi connectivity index (χ3v) is 3.69. The molecule has 0 bridgehead atoms. The van der Waals surface area contributed by atoms with E-state index in [1.54, 1.807) is 17.5 Å². The highest BCUT2D eigenvalue weighted by Gasteiger charge is 2.15. The predicted octanol–water partition coefficient (Wildman–Crippen LogP) is 2.92. The Labute approximate surface area is 107 Å². The SMILES string of the molecule is CNC(c1cncc(Br)c1)c1nc(C)cs1. The van der Waals surface area contributed by atoms with E-state index in [0.29, 0.717) is 0 Å². The van der Waals surface area contributed by atoms with Crippen LogP contribution in [0.3, 0.4) is 0 Å². The largest absolute Gasteiger partial charge is 0.307 e. The Hall–Kier alpha value is -0.780. The normalized spacial score (nSPS) is 12.7. The molecule has 0 aromatic carbocycles. The number of hydrogen-bond donors (Lipinski definition) is 1. The molecule has 0 aliphatic heterocycles. The Bertz CT molecular complexity index is 484. The summed E-state index contributed by atoms with van der Waals surface area (Å²) in [4.78, 5) is 8.68. The standard InChI is InChI=1S/C11H12BrN3S/c1-7-6-16-11(15-7)10(13-2)8-3-9(12)5-14-4-8/h3-6,10,13H,1-2H3. The first-order valence-electron chi connectivity index (χ1n) is 4.90. The highest BCUT2D eigenvalue weighted by molar-refractivity contribution is 9.10. The van der Waals surface area contributed by atoms with E-state index in [4.69, 9.17) is 0 Å². The van der Waals surface area contributed by atoms with Crippen LogP contribution >= 0.6 is 27.3 Å². The van der Waals surface area contributed by atoms with Gasteiger partial charge in [0.15, 0.2) is 0 Å². The average Bonchev–Trinajstić information content (AvgIpc) is 2.66. The minimum Gasteiger partial charge on any atom is -0.307 e. The van der Waals surface area contributed by atoms with Crippen molar-refractivity contribution in [2.75, 3.05) is 7.05 Å². The molecular weight excluding hydrogens is 286 g/mol. The topological polar surface area (TPSA) is 37.8 Å². The fourth-order valence-corrected chi connectivity index (χ4v) is 2.84. The Morgan fingerprint density at radius 2 is 2.25 bits per heavy atom. The van der Waals surface area contributed by atoms with E-state index < -0.39 is 0 Å². The first-order chi connectivity index (χ1) is 7.70. The van der Waals surface area contributed by atoms with Crippen molar-refractivity contribution in [2.45, 2.75) is 13.0 Å². The zero-order chi connectivity index (χ0) is 11.5. The molecule has 1 unspecified atom stereocenters. The van der Waals surface area contributed by atoms with Crippen molar-refractivity contribution < 1.29 is 0 Å². The highest BCUT2D eigenvalue weighted by Crippen LogP contribution is 2.25. The van der Waals surface area contributed by atoms with Crippen LogP contribution in [0, 0.1) is 6.92 Å². The summed E-state index contributed by atoms with van der Waals surface area (Å²) in [7, 11) is 1.93. The van der Waals surface area contributed by atoms with Crippen molar-refractivity contribution in [3.63, 3.8) is 0 Å². The molecule has 84 valence electrons. The summed E-state index contributed by atoms with van der Waals surface area (Å²) in [6.07, 6.45) is 3.64. The number of hydrogen-bond acceptors (Lipinski definition) is 4. The summed E-state index contributed by atoms with van der Waals surface area (Å²) >= 11 is 5.10. The molecule has 1 N–H and O–H groups in total. The third-order valence-electron chi connectivity index (χ3n) is 2.23. The molecule has 2 aromatic rings. The lowest BCUT2D eigenvalue weighted by Crippen LogP contribution is -2.17. The van der Waals surface area contributed by atoms with Crippen LogP contribution in [-0.4, -0.2) is 17.0 Å². The van der Waals surface area contributed by atoms with Gasteiger partial charge in [-0.2, -0.15) is 0 Å². The van der Waals surface area contributed by atoms with Crippen LogP contribution in [0.4, 0.5) is 0 Å². The lowest BCUT2D eigenvalue weighted by Gasteiger charge is -2.13. The summed E-state index contributed by atoms with van der Waals surface area (Å²) in [5, 5.41) is 6.39. The van der Waals surface area contributed by atoms with Gasteiger partial charge in [0.25, 0.3) is 0 Å². The first-order valence-corrected chi connectivity index (χ1v) is 6.57. The monoisotopic (exact) mass is 297 g/mol. The maximum atomic E-state index is 4.50. The zero-order valence-electron chi connectivity index (χ0n) is 9.07. The maximum Gasteiger partial charge on any atom is 0.114 e. The van der Waals surface area contributed by atoms with E-state index in [9.17, 15) is 0 Å². The van der Waals surface area contributed by atoms with E-state index in [1.807, 2.05) is 20.2 Å². The molecule has 0 spiro atoms. The maximum absolute atomic E-state index is 4.50. The Morgan fingerprint density at radius 3 is 2.81 bits per heavy atom. The molecule has 1 atom stereocenters. The van der Waals surface area contributed by atoms with Crippen molar-refractivity contribution in [2.24, 2.45) is 0 Å². The summed E-state index contributed by atoms with van der Waals surface area (Å²) < 4.78 is 0.985. The second kappa shape index (κ2) is 5.03. The molecule has 0 amide bonds. The number of halogens is 1. The molecule has 2 aromatic heterocycles. The molecule has 16 heavy (non-hydrogen) atoms. The number of aromatic nitrogens is 2. The van der Waals surface area contributed by atoms with Crippen molar-refractivity contribution >= 4 is 27.3 Å². The predicted molar refractivity (Wildman–Crippen MR) is 69.7 cm³/mol. The number of pyridine rings is 1. The van der Waals surface area contributed by atoms with Gasteiger partial charge in [0.2, 0.25) is 0 Å². The number of nitrogens with one attached hydrogen (secondary N) is 1. The van der Waals surface area contributed by atoms with Crippen LogP contribution in [0.15, 0.2) is 28.3 Å². The van der Waals surface area contributed by atoms with E-state index in [0.717, 1.165) is 20.7 Å². The minimum atomic E-state index is 0.115. The highest BCUT2D eigenvalue weighted by atomic mass is 79.9. The summed E-state index contributed by atoms with van der Waals surface area (Å²) in [6, 6.07) is 2.17. The van der Waals surface area contributed by atoms with E-state index >= 15 is 0 Å². The molecule has 2 rings (SSSR count). The van der Waals surface area contributed by atoms with Gasteiger partial charge in [0, 0.05) is 27.9 Å². The smallest absolute Gasteiger partial charge is 0.114 e. The zero-order valence-corrected chi connectivity index (χ0v) is 11.5. The molecule has 5 heteroatoms. The lowest BCUT2D eigenvalue weighted by atomic mass is 10.1.